The van der Waals surface area contributed by atoms with E-state index in [0.29, 0.717) is 10.9 Å². The second kappa shape index (κ2) is 11.6. The Morgan fingerprint density at radius 3 is 2.45 bits per heavy atom. The molecule has 0 aliphatic heterocycles. The van der Waals surface area contributed by atoms with Crippen molar-refractivity contribution in [3.05, 3.63) is 98.1 Å². The number of rotatable bonds is 8. The van der Waals surface area contributed by atoms with Crippen LogP contribution < -0.4 is 10.9 Å². The van der Waals surface area contributed by atoms with E-state index >= 15 is 0 Å². The van der Waals surface area contributed by atoms with E-state index in [0.717, 1.165) is 12.1 Å². The fourth-order valence-corrected chi connectivity index (χ4v) is 5.70. The molecule has 0 atom stereocenters. The molecule has 8 nitrogen and oxygen atoms in total. The van der Waals surface area contributed by atoms with Crippen molar-refractivity contribution in [3.8, 4) is 11.1 Å². The molecule has 0 radical (unpaired) electrons. The zero-order chi connectivity index (χ0) is 31.0. The Morgan fingerprint density at radius 2 is 1.79 bits per heavy atom. The van der Waals surface area contributed by atoms with Crippen LogP contribution in [0, 0.1) is 12.7 Å². The topological polar surface area (TPSA) is 131 Å². The Balaban J connectivity index is 1.84. The maximum absolute atomic E-state index is 13.5. The summed E-state index contributed by atoms with van der Waals surface area (Å²) in [5, 5.41) is 11.5. The van der Waals surface area contributed by atoms with E-state index in [1.54, 1.807) is 13.0 Å². The van der Waals surface area contributed by atoms with Crippen LogP contribution in [0.3, 0.4) is 0 Å². The SMILES string of the molecule is Cc1cc2c(-c3cccc(CS(=O)(=O)CC(=O)O)c3)c(CC(=O)Nc3ccc(F)cc3C(F)(F)F)c(=O)oc2cc1Cl. The van der Waals surface area contributed by atoms with Crippen LogP contribution in [0.15, 0.2) is 63.8 Å². The van der Waals surface area contributed by atoms with Crippen LogP contribution in [0.1, 0.15) is 22.3 Å². The van der Waals surface area contributed by atoms with Crippen molar-refractivity contribution in [2.75, 3.05) is 11.1 Å². The first-order chi connectivity index (χ1) is 19.5. The van der Waals surface area contributed by atoms with Gasteiger partial charge in [0.2, 0.25) is 5.91 Å². The van der Waals surface area contributed by atoms with E-state index in [1.165, 1.54) is 30.3 Å². The molecule has 1 heterocycles. The van der Waals surface area contributed by atoms with Gasteiger partial charge in [0.15, 0.2) is 9.84 Å². The number of anilines is 1. The van der Waals surface area contributed by atoms with E-state index in [1.807, 2.05) is 0 Å². The van der Waals surface area contributed by atoms with Gasteiger partial charge in [0, 0.05) is 22.0 Å². The van der Waals surface area contributed by atoms with E-state index in [9.17, 15) is 40.4 Å². The van der Waals surface area contributed by atoms with E-state index < -0.39 is 68.5 Å². The lowest BCUT2D eigenvalue weighted by Crippen LogP contribution is -2.22. The fraction of sp³-hybridized carbons (Fsp3) is 0.179. The lowest BCUT2D eigenvalue weighted by Gasteiger charge is -2.16. The molecule has 0 bridgehead atoms. The highest BCUT2D eigenvalue weighted by Gasteiger charge is 2.34. The summed E-state index contributed by atoms with van der Waals surface area (Å²) in [6.07, 6.45) is -5.76. The lowest BCUT2D eigenvalue weighted by molar-refractivity contribution is -0.137. The Labute approximate surface area is 240 Å². The number of carbonyl (C=O) groups excluding carboxylic acids is 1. The molecule has 2 N–H and O–H groups in total. The predicted molar refractivity (Wildman–Crippen MR) is 147 cm³/mol. The molecule has 4 rings (SSSR count). The Morgan fingerprint density at radius 1 is 1.07 bits per heavy atom. The van der Waals surface area contributed by atoms with Crippen molar-refractivity contribution in [2.24, 2.45) is 0 Å². The lowest BCUT2D eigenvalue weighted by atomic mass is 9.93. The second-order valence-corrected chi connectivity index (χ2v) is 11.9. The third-order valence-corrected chi connectivity index (χ3v) is 7.99. The summed E-state index contributed by atoms with van der Waals surface area (Å²) in [6, 6.07) is 10.4. The quantitative estimate of drug-likeness (QED) is 0.188. The third-order valence-electron chi connectivity index (χ3n) is 6.13. The molecular weight excluding hydrogens is 606 g/mol. The normalized spacial score (nSPS) is 12.0. The van der Waals surface area contributed by atoms with Crippen LogP contribution in [-0.4, -0.2) is 31.2 Å². The maximum atomic E-state index is 13.5. The molecule has 0 fully saturated rings. The Kier molecular flexibility index (Phi) is 8.46. The van der Waals surface area contributed by atoms with Gasteiger partial charge in [-0.3, -0.25) is 9.59 Å². The van der Waals surface area contributed by atoms with Crippen LogP contribution in [-0.2, 0) is 37.8 Å². The number of amides is 1. The smallest absolute Gasteiger partial charge is 0.418 e. The summed E-state index contributed by atoms with van der Waals surface area (Å²) < 4.78 is 83.9. The van der Waals surface area contributed by atoms with Crippen molar-refractivity contribution >= 4 is 50.0 Å². The highest BCUT2D eigenvalue weighted by Crippen LogP contribution is 2.37. The molecule has 0 spiro atoms. The first kappa shape index (κ1) is 30.7. The average Bonchev–Trinajstić information content (AvgIpc) is 2.85. The summed E-state index contributed by atoms with van der Waals surface area (Å²) in [5.41, 5.74) is -2.29. The Hall–Kier alpha value is -4.23. The number of alkyl halides is 3. The highest BCUT2D eigenvalue weighted by molar-refractivity contribution is 7.91. The van der Waals surface area contributed by atoms with Crippen LogP contribution in [0.2, 0.25) is 5.02 Å². The number of halogens is 5. The van der Waals surface area contributed by atoms with Gasteiger partial charge < -0.3 is 14.8 Å². The van der Waals surface area contributed by atoms with Gasteiger partial charge in [0.05, 0.1) is 29.0 Å². The first-order valence-electron chi connectivity index (χ1n) is 12.0. The standard InChI is InChI=1S/C28H20ClF4NO7S/c1-14-7-18-23(11-21(14)29)41-27(38)19(10-24(35)34-22-6-5-17(30)9-20(22)28(31,32)33)26(18)16-4-2-3-15(8-16)12-42(39,40)13-25(36)37/h2-9,11H,10,12-13H2,1H3,(H,34,35)(H,36,37). The largest absolute Gasteiger partial charge is 0.480 e. The predicted octanol–water partition coefficient (Wildman–Crippen LogP) is 5.76. The van der Waals surface area contributed by atoms with Gasteiger partial charge in [-0.05, 0) is 47.9 Å². The van der Waals surface area contributed by atoms with Crippen LogP contribution in [0.4, 0.5) is 23.2 Å². The first-order valence-corrected chi connectivity index (χ1v) is 14.2. The summed E-state index contributed by atoms with van der Waals surface area (Å²) in [4.78, 5) is 37.1. The number of sulfone groups is 1. The van der Waals surface area contributed by atoms with Gasteiger partial charge in [-0.2, -0.15) is 13.2 Å². The molecule has 0 saturated heterocycles. The molecule has 220 valence electrons. The van der Waals surface area contributed by atoms with Gasteiger partial charge in [0.1, 0.15) is 17.2 Å². The monoisotopic (exact) mass is 625 g/mol. The van der Waals surface area contributed by atoms with E-state index in [4.69, 9.17) is 21.1 Å². The zero-order valence-corrected chi connectivity index (χ0v) is 23.1. The molecule has 0 aliphatic rings. The number of aryl methyl sites for hydroxylation is 1. The van der Waals surface area contributed by atoms with Crippen molar-refractivity contribution in [1.82, 2.24) is 0 Å². The molecule has 0 saturated carbocycles. The number of carboxylic acid groups (broad SMARTS) is 1. The number of fused-ring (bicyclic) bond motifs is 1. The summed E-state index contributed by atoms with van der Waals surface area (Å²) in [6.45, 7) is 1.66. The van der Waals surface area contributed by atoms with Gasteiger partial charge in [-0.1, -0.05) is 35.9 Å². The van der Waals surface area contributed by atoms with E-state index in [2.05, 4.69) is 5.32 Å². The molecule has 1 amide bonds. The number of benzene rings is 3. The third kappa shape index (κ3) is 6.97. The minimum atomic E-state index is -4.99. The number of carbonyl (C=O) groups is 2. The molecule has 4 aromatic rings. The molecule has 0 unspecified atom stereocenters. The van der Waals surface area contributed by atoms with Gasteiger partial charge in [0.25, 0.3) is 0 Å². The molecule has 0 aliphatic carbocycles. The van der Waals surface area contributed by atoms with Crippen LogP contribution >= 0.6 is 11.6 Å². The van der Waals surface area contributed by atoms with Gasteiger partial charge in [-0.15, -0.1) is 0 Å². The van der Waals surface area contributed by atoms with Crippen molar-refractivity contribution in [3.63, 3.8) is 0 Å². The number of hydrogen-bond donors (Lipinski definition) is 2. The maximum Gasteiger partial charge on any atom is 0.418 e. The number of aliphatic carboxylic acids is 1. The van der Waals surface area contributed by atoms with Crippen LogP contribution in [0.5, 0.6) is 0 Å². The summed E-state index contributed by atoms with van der Waals surface area (Å²) >= 11 is 6.20. The minimum Gasteiger partial charge on any atom is -0.480 e. The van der Waals surface area contributed by atoms with E-state index in [-0.39, 0.29) is 38.9 Å². The number of nitrogens with one attached hydrogen (secondary N) is 1. The molecular formula is C28H20ClF4NO7S. The number of carboxylic acids is 1. The molecule has 42 heavy (non-hydrogen) atoms. The van der Waals surface area contributed by atoms with Crippen molar-refractivity contribution in [2.45, 2.75) is 25.3 Å². The summed E-state index contributed by atoms with van der Waals surface area (Å²) in [5.74, 6) is -5.50. The second-order valence-electron chi connectivity index (χ2n) is 9.38. The van der Waals surface area contributed by atoms with Gasteiger partial charge >= 0.3 is 17.8 Å². The molecule has 3 aromatic carbocycles. The number of hydrogen-bond acceptors (Lipinski definition) is 6. The van der Waals surface area contributed by atoms with Gasteiger partial charge in [-0.25, -0.2) is 17.6 Å². The highest BCUT2D eigenvalue weighted by atomic mass is 35.5. The molecule has 14 heteroatoms. The fourth-order valence-electron chi connectivity index (χ4n) is 4.38. The van der Waals surface area contributed by atoms with Crippen molar-refractivity contribution < 1.29 is 45.1 Å². The Bertz CT molecular complexity index is 1900. The molecule has 1 aromatic heterocycles. The summed E-state index contributed by atoms with van der Waals surface area (Å²) in [7, 11) is -4.06. The average molecular weight is 626 g/mol. The van der Waals surface area contributed by atoms with Crippen molar-refractivity contribution in [1.29, 1.82) is 0 Å². The zero-order valence-electron chi connectivity index (χ0n) is 21.5. The minimum absolute atomic E-state index is 0.0246. The van der Waals surface area contributed by atoms with Crippen LogP contribution in [0.25, 0.3) is 22.1 Å².